The fraction of sp³-hybridized carbons (Fsp3) is 0.250. The Morgan fingerprint density at radius 2 is 2.00 bits per heavy atom. The molecule has 2 unspecified atom stereocenters. The van der Waals surface area contributed by atoms with Gasteiger partial charge in [0.15, 0.2) is 0 Å². The zero-order valence-electron chi connectivity index (χ0n) is 12.5. The van der Waals surface area contributed by atoms with Crippen LogP contribution in [0.5, 0.6) is 0 Å². The average molecular weight is 338 g/mol. The number of nitrogens with one attached hydrogen (secondary N) is 1. The van der Waals surface area contributed by atoms with Crippen molar-refractivity contribution in [2.75, 3.05) is 12.4 Å². The minimum absolute atomic E-state index is 0.0905. The molecule has 3 rings (SSSR count). The normalized spacial score (nSPS) is 20.4. The van der Waals surface area contributed by atoms with E-state index in [2.05, 4.69) is 15.0 Å². The molecule has 2 heterocycles. The number of fused-ring (bicyclic) bond motifs is 1. The molecule has 2 aromatic rings. The van der Waals surface area contributed by atoms with Gasteiger partial charge in [0.25, 0.3) is 0 Å². The fourth-order valence-corrected chi connectivity index (χ4v) is 2.62. The molecule has 1 aliphatic rings. The highest BCUT2D eigenvalue weighted by Crippen LogP contribution is 2.41. The number of alkyl halides is 3. The first kappa shape index (κ1) is 16.1. The number of methoxy groups -OCH3 is 1. The van der Waals surface area contributed by atoms with Crippen molar-refractivity contribution in [2.45, 2.75) is 12.2 Å². The van der Waals surface area contributed by atoms with E-state index in [9.17, 15) is 18.0 Å². The molecule has 0 amide bonds. The third-order valence-corrected chi connectivity index (χ3v) is 3.68. The number of furan rings is 1. The van der Waals surface area contributed by atoms with Gasteiger partial charge in [0.1, 0.15) is 23.4 Å². The van der Waals surface area contributed by atoms with Crippen LogP contribution in [-0.4, -0.2) is 25.0 Å². The first-order valence-corrected chi connectivity index (χ1v) is 7.04. The Kier molecular flexibility index (Phi) is 4.04. The van der Waals surface area contributed by atoms with Gasteiger partial charge in [0.2, 0.25) is 0 Å². The highest BCUT2D eigenvalue weighted by molar-refractivity contribution is 6.08. The van der Waals surface area contributed by atoms with E-state index in [1.54, 1.807) is 18.2 Å². The van der Waals surface area contributed by atoms with Crippen molar-refractivity contribution in [1.29, 1.82) is 0 Å². The molecule has 1 aliphatic heterocycles. The van der Waals surface area contributed by atoms with Gasteiger partial charge < -0.3 is 14.5 Å². The zero-order valence-corrected chi connectivity index (χ0v) is 12.5. The number of hydrogen-bond acceptors (Lipinski definition) is 5. The molecule has 0 spiro atoms. The van der Waals surface area contributed by atoms with E-state index in [1.165, 1.54) is 24.5 Å². The lowest BCUT2D eigenvalue weighted by Gasteiger charge is -2.25. The highest BCUT2D eigenvalue weighted by Gasteiger charge is 2.50. The van der Waals surface area contributed by atoms with E-state index in [-0.39, 0.29) is 11.4 Å². The van der Waals surface area contributed by atoms with Crippen molar-refractivity contribution in [3.63, 3.8) is 0 Å². The largest absolute Gasteiger partial charge is 0.468 e. The third-order valence-electron chi connectivity index (χ3n) is 3.68. The number of aliphatic imine (C=N–C) groups is 1. The summed E-state index contributed by atoms with van der Waals surface area (Å²) in [6, 6.07) is 8.18. The van der Waals surface area contributed by atoms with Crippen molar-refractivity contribution in [1.82, 2.24) is 0 Å². The minimum atomic E-state index is -4.80. The van der Waals surface area contributed by atoms with Crippen molar-refractivity contribution in [3.8, 4) is 0 Å². The molecule has 0 bridgehead atoms. The van der Waals surface area contributed by atoms with Gasteiger partial charge in [-0.05, 0) is 24.3 Å². The molecule has 5 nitrogen and oxygen atoms in total. The van der Waals surface area contributed by atoms with Crippen LogP contribution in [0.4, 0.5) is 24.5 Å². The SMILES string of the molecule is COC(=O)C1C(C(F)(F)F)=Nc2ccccc2NC1c1ccco1. The number of para-hydroxylation sites is 2. The van der Waals surface area contributed by atoms with Crippen molar-refractivity contribution < 1.29 is 27.1 Å². The number of ether oxygens (including phenoxy) is 1. The van der Waals surface area contributed by atoms with Crippen LogP contribution in [0.2, 0.25) is 0 Å². The van der Waals surface area contributed by atoms with Crippen molar-refractivity contribution in [3.05, 3.63) is 48.4 Å². The Bertz CT molecular complexity index is 769. The lowest BCUT2D eigenvalue weighted by molar-refractivity contribution is -0.145. The zero-order chi connectivity index (χ0) is 17.3. The van der Waals surface area contributed by atoms with Crippen LogP contribution < -0.4 is 5.32 Å². The Hall–Kier alpha value is -2.77. The molecule has 1 aromatic carbocycles. The lowest BCUT2D eigenvalue weighted by atomic mass is 9.92. The van der Waals surface area contributed by atoms with Crippen LogP contribution in [0.1, 0.15) is 11.8 Å². The Morgan fingerprint density at radius 3 is 2.62 bits per heavy atom. The molecular formula is C16H13F3N2O3. The second kappa shape index (κ2) is 6.03. The summed E-state index contributed by atoms with van der Waals surface area (Å²) in [7, 11) is 1.04. The summed E-state index contributed by atoms with van der Waals surface area (Å²) < 4.78 is 50.6. The summed E-state index contributed by atoms with van der Waals surface area (Å²) in [5, 5.41) is 2.92. The van der Waals surface area contributed by atoms with Crippen LogP contribution in [0.3, 0.4) is 0 Å². The maximum absolute atomic E-state index is 13.6. The molecule has 1 aromatic heterocycles. The summed E-state index contributed by atoms with van der Waals surface area (Å²) in [6.07, 6.45) is -3.48. The summed E-state index contributed by atoms with van der Waals surface area (Å²) >= 11 is 0. The van der Waals surface area contributed by atoms with Gasteiger partial charge in [-0.3, -0.25) is 4.79 Å². The molecule has 24 heavy (non-hydrogen) atoms. The number of halogens is 3. The predicted molar refractivity (Wildman–Crippen MR) is 80.2 cm³/mol. The first-order valence-electron chi connectivity index (χ1n) is 7.04. The maximum Gasteiger partial charge on any atom is 0.430 e. The van der Waals surface area contributed by atoms with Gasteiger partial charge in [0.05, 0.1) is 24.7 Å². The third kappa shape index (κ3) is 2.86. The molecule has 0 radical (unpaired) electrons. The molecule has 8 heteroatoms. The van der Waals surface area contributed by atoms with Gasteiger partial charge in [-0.1, -0.05) is 12.1 Å². The van der Waals surface area contributed by atoms with Crippen LogP contribution in [0, 0.1) is 5.92 Å². The maximum atomic E-state index is 13.6. The summed E-state index contributed by atoms with van der Waals surface area (Å²) in [4.78, 5) is 15.9. The Labute approximate surface area is 135 Å². The monoisotopic (exact) mass is 338 g/mol. The lowest BCUT2D eigenvalue weighted by Crippen LogP contribution is -2.41. The second-order valence-corrected chi connectivity index (χ2v) is 5.15. The summed E-state index contributed by atoms with van der Waals surface area (Å²) in [6.45, 7) is 0. The molecule has 1 N–H and O–H groups in total. The van der Waals surface area contributed by atoms with Crippen molar-refractivity contribution >= 4 is 23.1 Å². The van der Waals surface area contributed by atoms with E-state index in [1.807, 2.05) is 0 Å². The molecular weight excluding hydrogens is 325 g/mol. The van der Waals surface area contributed by atoms with Crippen LogP contribution >= 0.6 is 0 Å². The number of carbonyl (C=O) groups is 1. The van der Waals surface area contributed by atoms with E-state index in [0.717, 1.165) is 7.11 Å². The number of carbonyl (C=O) groups excluding carboxylic acids is 1. The first-order chi connectivity index (χ1) is 11.4. The van der Waals surface area contributed by atoms with E-state index in [4.69, 9.17) is 4.42 Å². The second-order valence-electron chi connectivity index (χ2n) is 5.15. The average Bonchev–Trinajstić information content (AvgIpc) is 3.01. The number of rotatable bonds is 2. The fourth-order valence-electron chi connectivity index (χ4n) is 2.62. The quantitative estimate of drug-likeness (QED) is 0.844. The number of nitrogens with zero attached hydrogens (tertiary/aromatic N) is 1. The molecule has 0 saturated carbocycles. The van der Waals surface area contributed by atoms with Gasteiger partial charge in [-0.25, -0.2) is 4.99 Å². The smallest absolute Gasteiger partial charge is 0.430 e. The van der Waals surface area contributed by atoms with E-state index >= 15 is 0 Å². The van der Waals surface area contributed by atoms with Gasteiger partial charge in [-0.2, -0.15) is 13.2 Å². The number of esters is 1. The molecule has 2 atom stereocenters. The molecule has 0 saturated heterocycles. The van der Waals surface area contributed by atoms with Gasteiger partial charge in [-0.15, -0.1) is 0 Å². The molecule has 0 aliphatic carbocycles. The Balaban J connectivity index is 2.22. The van der Waals surface area contributed by atoms with Crippen LogP contribution in [0.25, 0.3) is 0 Å². The van der Waals surface area contributed by atoms with Crippen molar-refractivity contribution in [2.24, 2.45) is 10.9 Å². The summed E-state index contributed by atoms with van der Waals surface area (Å²) in [5.74, 6) is -2.57. The predicted octanol–water partition coefficient (Wildman–Crippen LogP) is 3.87. The van der Waals surface area contributed by atoms with Gasteiger partial charge >= 0.3 is 12.1 Å². The Morgan fingerprint density at radius 1 is 1.25 bits per heavy atom. The minimum Gasteiger partial charge on any atom is -0.468 e. The van der Waals surface area contributed by atoms with Crippen LogP contribution in [0.15, 0.2) is 52.1 Å². The summed E-state index contributed by atoms with van der Waals surface area (Å²) in [5.41, 5.74) is -0.770. The number of anilines is 1. The van der Waals surface area contributed by atoms with E-state index < -0.39 is 29.8 Å². The number of hydrogen-bond donors (Lipinski definition) is 1. The number of benzene rings is 1. The van der Waals surface area contributed by atoms with E-state index in [0.29, 0.717) is 5.69 Å². The van der Waals surface area contributed by atoms with Gasteiger partial charge in [0, 0.05) is 0 Å². The highest BCUT2D eigenvalue weighted by atomic mass is 19.4. The molecule has 0 fully saturated rings. The topological polar surface area (TPSA) is 63.8 Å². The standard InChI is InChI=1S/C16H13F3N2O3/c1-23-15(22)12-13(11-7-4-8-24-11)20-9-5-2-3-6-10(9)21-14(12)16(17,18)19/h2-8,12-13,20H,1H3. The van der Waals surface area contributed by atoms with Crippen LogP contribution in [-0.2, 0) is 9.53 Å². The molecule has 126 valence electrons.